The van der Waals surface area contributed by atoms with E-state index in [0.717, 1.165) is 5.92 Å². The predicted molar refractivity (Wildman–Crippen MR) is 60.0 cm³/mol. The molecular weight excluding hydrogens is 156 g/mol. The zero-order valence-corrected chi connectivity index (χ0v) is 9.36. The quantitative estimate of drug-likeness (QED) is 0.539. The second-order valence-electron chi connectivity index (χ2n) is 4.68. The van der Waals surface area contributed by atoms with Crippen LogP contribution in [0.3, 0.4) is 0 Å². The summed E-state index contributed by atoms with van der Waals surface area (Å²) in [5.74, 6) is 1.10. The van der Waals surface area contributed by atoms with E-state index in [9.17, 15) is 0 Å². The zero-order valence-electron chi connectivity index (χ0n) is 9.36. The van der Waals surface area contributed by atoms with E-state index in [4.69, 9.17) is 0 Å². The van der Waals surface area contributed by atoms with Crippen molar-refractivity contribution in [3.8, 4) is 0 Å². The molecule has 0 aliphatic heterocycles. The summed E-state index contributed by atoms with van der Waals surface area (Å²) in [6.45, 7) is 2.30. The molecule has 0 saturated heterocycles. The Kier molecular flexibility index (Phi) is 6.31. The number of hydrogen-bond acceptors (Lipinski definition) is 0. The van der Waals surface area contributed by atoms with Crippen LogP contribution in [0.4, 0.5) is 0 Å². The minimum absolute atomic E-state index is 1.10. The lowest BCUT2D eigenvalue weighted by atomic mass is 10.0. The minimum Gasteiger partial charge on any atom is -0.0651 e. The lowest BCUT2D eigenvalue weighted by Gasteiger charge is -2.05. The van der Waals surface area contributed by atoms with Gasteiger partial charge < -0.3 is 0 Å². The lowest BCUT2D eigenvalue weighted by molar-refractivity contribution is 0.504. The lowest BCUT2D eigenvalue weighted by Crippen LogP contribution is -1.86. The van der Waals surface area contributed by atoms with E-state index in [0.29, 0.717) is 0 Å². The Balaban J connectivity index is 0.000000132. The van der Waals surface area contributed by atoms with Crippen LogP contribution in [0.5, 0.6) is 0 Å². The van der Waals surface area contributed by atoms with Gasteiger partial charge in [-0.15, -0.1) is 0 Å². The maximum Gasteiger partial charge on any atom is -0.0417 e. The highest BCUT2D eigenvalue weighted by Crippen LogP contribution is 2.26. The van der Waals surface area contributed by atoms with Gasteiger partial charge in [-0.1, -0.05) is 77.6 Å². The van der Waals surface area contributed by atoms with Crippen LogP contribution >= 0.6 is 0 Å². The van der Waals surface area contributed by atoms with Gasteiger partial charge in [0.1, 0.15) is 0 Å². The Bertz CT molecular complexity index is 85.1. The number of hydrogen-bond donors (Lipinski definition) is 0. The topological polar surface area (TPSA) is 0 Å². The zero-order chi connectivity index (χ0) is 9.36. The van der Waals surface area contributed by atoms with Gasteiger partial charge >= 0.3 is 0 Å². The molecule has 0 nitrogen and oxygen atoms in total. The van der Waals surface area contributed by atoms with Crippen molar-refractivity contribution in [2.75, 3.05) is 0 Å². The van der Waals surface area contributed by atoms with Crippen LogP contribution in [-0.4, -0.2) is 0 Å². The summed E-state index contributed by atoms with van der Waals surface area (Å²) in [5.41, 5.74) is 0. The fourth-order valence-electron chi connectivity index (χ4n) is 2.48. The first-order valence-electron chi connectivity index (χ1n) is 6.43. The van der Waals surface area contributed by atoms with Crippen LogP contribution in [-0.2, 0) is 0 Å². The van der Waals surface area contributed by atoms with E-state index in [1.165, 1.54) is 70.6 Å². The average Bonchev–Trinajstić information content (AvgIpc) is 2.74. The molecule has 0 unspecified atom stereocenters. The summed E-state index contributed by atoms with van der Waals surface area (Å²) in [6, 6.07) is 0. The molecule has 0 aromatic carbocycles. The number of rotatable bonds is 1. The molecule has 2 aliphatic carbocycles. The Morgan fingerprint density at radius 1 is 0.692 bits per heavy atom. The summed E-state index contributed by atoms with van der Waals surface area (Å²) in [6.07, 6.45) is 16.4. The molecule has 78 valence electrons. The molecule has 0 spiro atoms. The van der Waals surface area contributed by atoms with Crippen molar-refractivity contribution in [1.29, 1.82) is 0 Å². The van der Waals surface area contributed by atoms with E-state index in [1.807, 2.05) is 0 Å². The van der Waals surface area contributed by atoms with Gasteiger partial charge in [0.2, 0.25) is 0 Å². The highest BCUT2D eigenvalue weighted by Gasteiger charge is 2.11. The third kappa shape index (κ3) is 5.33. The second kappa shape index (κ2) is 7.41. The van der Waals surface area contributed by atoms with Gasteiger partial charge in [0, 0.05) is 0 Å². The molecule has 0 amide bonds. The molecular formula is C13H26. The summed E-state index contributed by atoms with van der Waals surface area (Å²) in [7, 11) is 0. The molecule has 2 aliphatic rings. The van der Waals surface area contributed by atoms with E-state index < -0.39 is 0 Å². The minimum atomic E-state index is 1.10. The molecule has 13 heavy (non-hydrogen) atoms. The van der Waals surface area contributed by atoms with Crippen molar-refractivity contribution in [3.63, 3.8) is 0 Å². The van der Waals surface area contributed by atoms with Gasteiger partial charge in [0.05, 0.1) is 0 Å². The van der Waals surface area contributed by atoms with Crippen LogP contribution in [0.1, 0.15) is 77.6 Å². The van der Waals surface area contributed by atoms with Gasteiger partial charge in [-0.25, -0.2) is 0 Å². The first kappa shape index (κ1) is 11.1. The van der Waals surface area contributed by atoms with E-state index in [-0.39, 0.29) is 0 Å². The highest BCUT2D eigenvalue weighted by atomic mass is 14.2. The van der Waals surface area contributed by atoms with Crippen molar-refractivity contribution < 1.29 is 0 Å². The smallest absolute Gasteiger partial charge is 0.0417 e. The van der Waals surface area contributed by atoms with Crippen molar-refractivity contribution in [1.82, 2.24) is 0 Å². The van der Waals surface area contributed by atoms with Crippen molar-refractivity contribution in [2.24, 2.45) is 5.92 Å². The fraction of sp³-hybridized carbons (Fsp3) is 1.00. The second-order valence-corrected chi connectivity index (χ2v) is 4.68. The van der Waals surface area contributed by atoms with Gasteiger partial charge in [0.25, 0.3) is 0 Å². The SMILES string of the molecule is C1CCCCC1.CCC1CCCC1. The largest absolute Gasteiger partial charge is 0.0651 e. The van der Waals surface area contributed by atoms with Crippen molar-refractivity contribution in [3.05, 3.63) is 0 Å². The highest BCUT2D eigenvalue weighted by molar-refractivity contribution is 4.64. The summed E-state index contributed by atoms with van der Waals surface area (Å²) < 4.78 is 0. The average molecular weight is 182 g/mol. The Labute approximate surface area is 84.1 Å². The van der Waals surface area contributed by atoms with Gasteiger partial charge in [-0.05, 0) is 5.92 Å². The first-order chi connectivity index (χ1) is 6.43. The monoisotopic (exact) mass is 182 g/mol. The third-order valence-corrected chi connectivity index (χ3v) is 3.55. The molecule has 2 rings (SSSR count). The van der Waals surface area contributed by atoms with Gasteiger partial charge in [-0.2, -0.15) is 0 Å². The van der Waals surface area contributed by atoms with E-state index in [1.54, 1.807) is 0 Å². The van der Waals surface area contributed by atoms with Crippen molar-refractivity contribution in [2.45, 2.75) is 77.6 Å². The molecule has 0 radical (unpaired) electrons. The molecule has 0 heteroatoms. The molecule has 2 fully saturated rings. The maximum absolute atomic E-state index is 2.30. The maximum atomic E-state index is 2.30. The van der Waals surface area contributed by atoms with Crippen LogP contribution in [0.25, 0.3) is 0 Å². The normalized spacial score (nSPS) is 23.8. The summed E-state index contributed by atoms with van der Waals surface area (Å²) in [4.78, 5) is 0. The van der Waals surface area contributed by atoms with Gasteiger partial charge in [-0.3, -0.25) is 0 Å². The molecule has 0 N–H and O–H groups in total. The first-order valence-corrected chi connectivity index (χ1v) is 6.43. The summed E-state index contributed by atoms with van der Waals surface area (Å²) in [5, 5.41) is 0. The van der Waals surface area contributed by atoms with E-state index >= 15 is 0 Å². The molecule has 0 bridgehead atoms. The van der Waals surface area contributed by atoms with Crippen molar-refractivity contribution >= 4 is 0 Å². The molecule has 0 aromatic rings. The van der Waals surface area contributed by atoms with Gasteiger partial charge in [0.15, 0.2) is 0 Å². The Morgan fingerprint density at radius 2 is 1.08 bits per heavy atom. The van der Waals surface area contributed by atoms with Crippen LogP contribution < -0.4 is 0 Å². The Hall–Kier alpha value is 0. The molecule has 0 aromatic heterocycles. The summed E-state index contributed by atoms with van der Waals surface area (Å²) >= 11 is 0. The van der Waals surface area contributed by atoms with Crippen LogP contribution in [0.2, 0.25) is 0 Å². The van der Waals surface area contributed by atoms with E-state index in [2.05, 4.69) is 6.92 Å². The van der Waals surface area contributed by atoms with Crippen LogP contribution in [0, 0.1) is 5.92 Å². The third-order valence-electron chi connectivity index (χ3n) is 3.55. The molecule has 0 heterocycles. The van der Waals surface area contributed by atoms with Crippen LogP contribution in [0.15, 0.2) is 0 Å². The standard InChI is InChI=1S/C7H14.C6H12/c1-2-7-5-3-4-6-7;1-2-4-6-5-3-1/h7H,2-6H2,1H3;1-6H2. The molecule has 0 atom stereocenters. The predicted octanol–water partition coefficient (Wildman–Crippen LogP) is 4.93. The Morgan fingerprint density at radius 3 is 1.31 bits per heavy atom. The fourth-order valence-corrected chi connectivity index (χ4v) is 2.48. The molecule has 2 saturated carbocycles.